The summed E-state index contributed by atoms with van der Waals surface area (Å²) < 4.78 is 5.77. The monoisotopic (exact) mass is 314 g/mol. The van der Waals surface area contributed by atoms with Gasteiger partial charge in [-0.1, -0.05) is 11.6 Å². The summed E-state index contributed by atoms with van der Waals surface area (Å²) in [6.45, 7) is 0.0368. The summed E-state index contributed by atoms with van der Waals surface area (Å²) in [6.07, 6.45) is 0. The van der Waals surface area contributed by atoms with Gasteiger partial charge in [0.05, 0.1) is 24.9 Å². The van der Waals surface area contributed by atoms with Crippen LogP contribution in [0.15, 0.2) is 18.2 Å². The van der Waals surface area contributed by atoms with Crippen molar-refractivity contribution in [2.45, 2.75) is 6.04 Å². The first-order chi connectivity index (χ1) is 9.56. The number of methoxy groups -OCH3 is 1. The van der Waals surface area contributed by atoms with Crippen molar-refractivity contribution >= 4 is 44.6 Å². The van der Waals surface area contributed by atoms with Crippen molar-refractivity contribution in [1.82, 2.24) is 5.32 Å². The lowest BCUT2D eigenvalue weighted by Crippen LogP contribution is -2.40. The van der Waals surface area contributed by atoms with Crippen LogP contribution in [0.4, 0.5) is 5.69 Å². The number of anilines is 1. The van der Waals surface area contributed by atoms with E-state index in [0.717, 1.165) is 10.1 Å². The minimum atomic E-state index is -0.458. The topological polar surface area (TPSA) is 84.6 Å². The average Bonchev–Trinajstić information content (AvgIpc) is 2.74. The summed E-state index contributed by atoms with van der Waals surface area (Å²) in [4.78, 5) is 12.6. The van der Waals surface area contributed by atoms with Crippen molar-refractivity contribution in [3.05, 3.63) is 28.1 Å². The maximum absolute atomic E-state index is 12.2. The number of amides is 1. The fraction of sp³-hybridized carbons (Fsp3) is 0.308. The highest BCUT2D eigenvalue weighted by molar-refractivity contribution is 7.21. The highest BCUT2D eigenvalue weighted by atomic mass is 35.5. The maximum Gasteiger partial charge on any atom is 0.263 e. The Morgan fingerprint density at radius 1 is 1.60 bits per heavy atom. The van der Waals surface area contributed by atoms with Gasteiger partial charge in [0.2, 0.25) is 0 Å². The van der Waals surface area contributed by atoms with E-state index in [4.69, 9.17) is 27.2 Å². The molecule has 7 heteroatoms. The van der Waals surface area contributed by atoms with Crippen LogP contribution in [-0.4, -0.2) is 37.4 Å². The number of ether oxygens (including phenoxy) is 1. The van der Waals surface area contributed by atoms with Crippen LogP contribution in [0.5, 0.6) is 0 Å². The molecule has 0 bridgehead atoms. The van der Waals surface area contributed by atoms with Gasteiger partial charge in [-0.15, -0.1) is 11.3 Å². The summed E-state index contributed by atoms with van der Waals surface area (Å²) in [5, 5.41) is 13.2. The first kappa shape index (κ1) is 15.1. The molecule has 1 amide bonds. The Hall–Kier alpha value is -1.34. The van der Waals surface area contributed by atoms with E-state index in [1.54, 1.807) is 18.2 Å². The van der Waals surface area contributed by atoms with Crippen molar-refractivity contribution in [3.8, 4) is 0 Å². The molecule has 20 heavy (non-hydrogen) atoms. The van der Waals surface area contributed by atoms with Crippen LogP contribution in [0.2, 0.25) is 5.02 Å². The Kier molecular flexibility index (Phi) is 4.82. The molecule has 0 fully saturated rings. The number of carbonyl (C=O) groups excluding carboxylic acids is 1. The van der Waals surface area contributed by atoms with E-state index in [9.17, 15) is 4.79 Å². The molecule has 5 nitrogen and oxygen atoms in total. The van der Waals surface area contributed by atoms with Gasteiger partial charge in [-0.3, -0.25) is 4.79 Å². The van der Waals surface area contributed by atoms with Crippen LogP contribution >= 0.6 is 22.9 Å². The zero-order chi connectivity index (χ0) is 14.7. The van der Waals surface area contributed by atoms with Crippen molar-refractivity contribution in [2.75, 3.05) is 26.1 Å². The zero-order valence-corrected chi connectivity index (χ0v) is 12.4. The third kappa shape index (κ3) is 3.04. The number of nitrogens with one attached hydrogen (secondary N) is 1. The van der Waals surface area contributed by atoms with Crippen molar-refractivity contribution in [1.29, 1.82) is 0 Å². The molecular formula is C13H15ClN2O3S. The highest BCUT2D eigenvalue weighted by Crippen LogP contribution is 2.35. The number of hydrogen-bond acceptors (Lipinski definition) is 5. The second-order valence-corrected chi connectivity index (χ2v) is 5.78. The lowest BCUT2D eigenvalue weighted by Gasteiger charge is -2.14. The van der Waals surface area contributed by atoms with Gasteiger partial charge in [-0.05, 0) is 18.2 Å². The van der Waals surface area contributed by atoms with E-state index in [2.05, 4.69) is 5.32 Å². The molecule has 0 aliphatic carbocycles. The number of benzene rings is 1. The van der Waals surface area contributed by atoms with E-state index in [-0.39, 0.29) is 19.1 Å². The third-order valence-electron chi connectivity index (χ3n) is 2.82. The minimum Gasteiger partial charge on any atom is -0.397 e. The van der Waals surface area contributed by atoms with Gasteiger partial charge in [-0.25, -0.2) is 0 Å². The summed E-state index contributed by atoms with van der Waals surface area (Å²) in [7, 11) is 1.50. The van der Waals surface area contributed by atoms with Gasteiger partial charge in [0, 0.05) is 22.2 Å². The van der Waals surface area contributed by atoms with E-state index in [0.29, 0.717) is 15.6 Å². The second kappa shape index (κ2) is 6.41. The molecule has 1 heterocycles. The maximum atomic E-state index is 12.2. The minimum absolute atomic E-state index is 0.198. The van der Waals surface area contributed by atoms with Gasteiger partial charge in [0.15, 0.2) is 0 Å². The number of nitrogen functional groups attached to an aromatic ring is 1. The Morgan fingerprint density at radius 3 is 3.00 bits per heavy atom. The molecule has 2 rings (SSSR count). The number of rotatable bonds is 5. The van der Waals surface area contributed by atoms with Gasteiger partial charge < -0.3 is 20.9 Å². The van der Waals surface area contributed by atoms with Crippen LogP contribution in [0, 0.1) is 0 Å². The molecule has 0 saturated heterocycles. The number of aliphatic hydroxyl groups is 1. The van der Waals surface area contributed by atoms with E-state index in [1.807, 2.05) is 0 Å². The fourth-order valence-corrected chi connectivity index (χ4v) is 3.15. The van der Waals surface area contributed by atoms with Gasteiger partial charge in [0.1, 0.15) is 4.88 Å². The molecule has 0 aliphatic rings. The number of aliphatic hydroxyl groups excluding tert-OH is 1. The molecular weight excluding hydrogens is 300 g/mol. The van der Waals surface area contributed by atoms with Crippen molar-refractivity contribution in [3.63, 3.8) is 0 Å². The zero-order valence-electron chi connectivity index (χ0n) is 10.9. The van der Waals surface area contributed by atoms with Gasteiger partial charge >= 0.3 is 0 Å². The van der Waals surface area contributed by atoms with Crippen LogP contribution in [0.25, 0.3) is 10.1 Å². The molecule has 0 radical (unpaired) electrons. The number of thiophene rings is 1. The van der Waals surface area contributed by atoms with E-state index >= 15 is 0 Å². The molecule has 1 aromatic heterocycles. The lowest BCUT2D eigenvalue weighted by atomic mass is 10.2. The molecule has 0 saturated carbocycles. The normalized spacial score (nSPS) is 12.6. The SMILES string of the molecule is COCC(CO)NC(=O)c1sc2cc(Cl)ccc2c1N. The van der Waals surface area contributed by atoms with Crippen LogP contribution in [0.3, 0.4) is 0 Å². The summed E-state index contributed by atoms with van der Waals surface area (Å²) in [5.41, 5.74) is 6.42. The molecule has 1 atom stereocenters. The lowest BCUT2D eigenvalue weighted by molar-refractivity contribution is 0.0844. The average molecular weight is 315 g/mol. The number of fused-ring (bicyclic) bond motifs is 1. The number of hydrogen-bond donors (Lipinski definition) is 3. The molecule has 1 aromatic carbocycles. The number of halogens is 1. The Balaban J connectivity index is 2.28. The molecule has 2 aromatic rings. The first-order valence-electron chi connectivity index (χ1n) is 5.95. The molecule has 1 unspecified atom stereocenters. The standard InChI is InChI=1S/C13H15ClN2O3S/c1-19-6-8(5-17)16-13(18)12-11(15)9-3-2-7(14)4-10(9)20-12/h2-4,8,17H,5-6,15H2,1H3,(H,16,18). The summed E-state index contributed by atoms with van der Waals surface area (Å²) in [5.74, 6) is -0.323. The van der Waals surface area contributed by atoms with Crippen LogP contribution in [-0.2, 0) is 4.74 Å². The quantitative estimate of drug-likeness (QED) is 0.786. The second-order valence-electron chi connectivity index (χ2n) is 4.29. The van der Waals surface area contributed by atoms with Crippen molar-refractivity contribution < 1.29 is 14.6 Å². The highest BCUT2D eigenvalue weighted by Gasteiger charge is 2.19. The van der Waals surface area contributed by atoms with Crippen molar-refractivity contribution in [2.24, 2.45) is 0 Å². The van der Waals surface area contributed by atoms with Crippen LogP contribution in [0.1, 0.15) is 9.67 Å². The third-order valence-corrected chi connectivity index (χ3v) is 4.22. The Morgan fingerprint density at radius 2 is 2.35 bits per heavy atom. The first-order valence-corrected chi connectivity index (χ1v) is 7.14. The Bertz CT molecular complexity index is 629. The Labute approximate surface area is 125 Å². The largest absolute Gasteiger partial charge is 0.397 e. The smallest absolute Gasteiger partial charge is 0.263 e. The summed E-state index contributed by atoms with van der Waals surface area (Å²) in [6, 6.07) is 4.84. The van der Waals surface area contributed by atoms with Gasteiger partial charge in [-0.2, -0.15) is 0 Å². The molecule has 0 aliphatic heterocycles. The van der Waals surface area contributed by atoms with E-state index < -0.39 is 6.04 Å². The van der Waals surface area contributed by atoms with Crippen LogP contribution < -0.4 is 11.1 Å². The van der Waals surface area contributed by atoms with E-state index in [1.165, 1.54) is 18.4 Å². The summed E-state index contributed by atoms with van der Waals surface area (Å²) >= 11 is 7.20. The molecule has 4 N–H and O–H groups in total. The molecule has 108 valence electrons. The van der Waals surface area contributed by atoms with Gasteiger partial charge in [0.25, 0.3) is 5.91 Å². The fourth-order valence-electron chi connectivity index (χ4n) is 1.85. The molecule has 0 spiro atoms. The predicted octanol–water partition coefficient (Wildman–Crippen LogP) is 1.87. The number of carbonyl (C=O) groups is 1. The number of nitrogens with two attached hydrogens (primary N) is 1. The predicted molar refractivity (Wildman–Crippen MR) is 81.5 cm³/mol.